The van der Waals surface area contributed by atoms with Crippen molar-refractivity contribution in [2.75, 3.05) is 17.6 Å². The van der Waals surface area contributed by atoms with Gasteiger partial charge in [0.05, 0.1) is 0 Å². The highest BCUT2D eigenvalue weighted by Crippen LogP contribution is 2.39. The Hall–Kier alpha value is -1.12. The minimum Gasteiger partial charge on any atom is -0.384 e. The van der Waals surface area contributed by atoms with Gasteiger partial charge in [0.25, 0.3) is 0 Å². The number of halogens is 1. The fraction of sp³-hybridized carbons (Fsp3) is 0.250. The molecular weight excluding hydrogens is 274 g/mol. The Labute approximate surface area is 123 Å². The molecule has 1 atom stereocenters. The van der Waals surface area contributed by atoms with Gasteiger partial charge in [-0.2, -0.15) is 0 Å². The molecule has 1 N–H and O–H groups in total. The van der Waals surface area contributed by atoms with Crippen LogP contribution in [-0.2, 0) is 0 Å². The molecule has 3 heteroatoms. The molecule has 0 bridgehead atoms. The monoisotopic (exact) mass is 289 g/mol. The molecule has 1 nitrogen and oxygen atoms in total. The molecule has 0 aromatic heterocycles. The van der Waals surface area contributed by atoms with Crippen LogP contribution in [0.15, 0.2) is 47.4 Å². The Morgan fingerprint density at radius 1 is 1.21 bits per heavy atom. The third-order valence-electron chi connectivity index (χ3n) is 3.61. The van der Waals surface area contributed by atoms with Crippen LogP contribution in [-0.4, -0.2) is 12.3 Å². The number of fused-ring (bicyclic) bond motifs is 1. The largest absolute Gasteiger partial charge is 0.384 e. The zero-order chi connectivity index (χ0) is 13.2. The number of thioether (sulfide) groups is 1. The Morgan fingerprint density at radius 2 is 2.05 bits per heavy atom. The van der Waals surface area contributed by atoms with E-state index < -0.39 is 0 Å². The summed E-state index contributed by atoms with van der Waals surface area (Å²) >= 11 is 8.10. The van der Waals surface area contributed by atoms with Crippen molar-refractivity contribution in [3.05, 3.63) is 58.6 Å². The first-order valence-electron chi connectivity index (χ1n) is 6.46. The van der Waals surface area contributed by atoms with E-state index in [1.165, 1.54) is 10.5 Å². The van der Waals surface area contributed by atoms with Crippen LogP contribution in [0.4, 0.5) is 5.69 Å². The molecule has 0 fully saturated rings. The standard InChI is InChI=1S/C16H16ClNS/c1-11-14(17)6-4-7-15(11)18-9-12-10-19-16-8-3-2-5-13(12)16/h2-8,12,18H,9-10H2,1H3. The second kappa shape index (κ2) is 5.48. The molecule has 0 spiro atoms. The maximum absolute atomic E-state index is 6.15. The summed E-state index contributed by atoms with van der Waals surface area (Å²) in [6.07, 6.45) is 0. The van der Waals surface area contributed by atoms with Gasteiger partial charge >= 0.3 is 0 Å². The Kier molecular flexibility index (Phi) is 3.72. The van der Waals surface area contributed by atoms with Gasteiger partial charge in [-0.25, -0.2) is 0 Å². The van der Waals surface area contributed by atoms with Crippen molar-refractivity contribution in [2.24, 2.45) is 0 Å². The average molecular weight is 290 g/mol. The van der Waals surface area contributed by atoms with E-state index in [0.29, 0.717) is 5.92 Å². The fourth-order valence-corrected chi connectivity index (χ4v) is 3.86. The number of nitrogens with one attached hydrogen (secondary N) is 1. The number of benzene rings is 2. The second-order valence-corrected chi connectivity index (χ2v) is 6.31. The van der Waals surface area contributed by atoms with Crippen LogP contribution in [0.1, 0.15) is 17.0 Å². The smallest absolute Gasteiger partial charge is 0.0455 e. The SMILES string of the molecule is Cc1c(Cl)cccc1NCC1CSc2ccccc21. The van der Waals surface area contributed by atoms with Crippen molar-refractivity contribution in [1.29, 1.82) is 0 Å². The van der Waals surface area contributed by atoms with Gasteiger partial charge in [0, 0.05) is 33.8 Å². The van der Waals surface area contributed by atoms with Crippen molar-refractivity contribution < 1.29 is 0 Å². The maximum atomic E-state index is 6.15. The first-order chi connectivity index (χ1) is 9.25. The van der Waals surface area contributed by atoms with E-state index in [2.05, 4.69) is 42.6 Å². The van der Waals surface area contributed by atoms with Crippen molar-refractivity contribution in [3.63, 3.8) is 0 Å². The predicted molar refractivity (Wildman–Crippen MR) is 84.6 cm³/mol. The number of hydrogen-bond donors (Lipinski definition) is 1. The molecular formula is C16H16ClNS. The van der Waals surface area contributed by atoms with Crippen LogP contribution in [0.3, 0.4) is 0 Å². The molecule has 1 heterocycles. The van der Waals surface area contributed by atoms with Gasteiger partial charge in [0.2, 0.25) is 0 Å². The van der Waals surface area contributed by atoms with Crippen LogP contribution in [0, 0.1) is 6.92 Å². The van der Waals surface area contributed by atoms with E-state index in [0.717, 1.165) is 28.6 Å². The predicted octanol–water partition coefficient (Wildman–Crippen LogP) is 4.95. The van der Waals surface area contributed by atoms with Gasteiger partial charge in [-0.3, -0.25) is 0 Å². The molecule has 0 saturated carbocycles. The third kappa shape index (κ3) is 2.60. The quantitative estimate of drug-likeness (QED) is 0.858. The molecule has 2 aromatic rings. The van der Waals surface area contributed by atoms with E-state index in [1.54, 1.807) is 0 Å². The molecule has 0 saturated heterocycles. The van der Waals surface area contributed by atoms with Gasteiger partial charge < -0.3 is 5.32 Å². The Bertz CT molecular complexity index is 597. The van der Waals surface area contributed by atoms with Gasteiger partial charge in [-0.1, -0.05) is 35.9 Å². The van der Waals surface area contributed by atoms with E-state index in [-0.39, 0.29) is 0 Å². The summed E-state index contributed by atoms with van der Waals surface area (Å²) in [4.78, 5) is 1.43. The summed E-state index contributed by atoms with van der Waals surface area (Å²) in [7, 11) is 0. The number of rotatable bonds is 3. The first-order valence-corrected chi connectivity index (χ1v) is 7.83. The highest BCUT2D eigenvalue weighted by molar-refractivity contribution is 7.99. The summed E-state index contributed by atoms with van der Waals surface area (Å²) in [5.41, 5.74) is 3.74. The molecule has 0 radical (unpaired) electrons. The Morgan fingerprint density at radius 3 is 2.95 bits per heavy atom. The lowest BCUT2D eigenvalue weighted by Crippen LogP contribution is -2.12. The molecule has 1 unspecified atom stereocenters. The zero-order valence-electron chi connectivity index (χ0n) is 10.8. The molecule has 1 aliphatic heterocycles. The van der Waals surface area contributed by atoms with E-state index in [4.69, 9.17) is 11.6 Å². The molecule has 1 aliphatic rings. The molecule has 0 amide bonds. The topological polar surface area (TPSA) is 12.0 Å². The average Bonchev–Trinajstić information content (AvgIpc) is 2.84. The number of anilines is 1. The van der Waals surface area contributed by atoms with Crippen LogP contribution >= 0.6 is 23.4 Å². The van der Waals surface area contributed by atoms with Crippen molar-refractivity contribution >= 4 is 29.1 Å². The van der Waals surface area contributed by atoms with Crippen molar-refractivity contribution in [3.8, 4) is 0 Å². The minimum absolute atomic E-state index is 0.583. The molecule has 0 aliphatic carbocycles. The lowest BCUT2D eigenvalue weighted by Gasteiger charge is -2.15. The summed E-state index contributed by atoms with van der Waals surface area (Å²) in [5.74, 6) is 1.74. The summed E-state index contributed by atoms with van der Waals surface area (Å²) in [6.45, 7) is 3.02. The van der Waals surface area contributed by atoms with Crippen molar-refractivity contribution in [1.82, 2.24) is 0 Å². The van der Waals surface area contributed by atoms with E-state index in [1.807, 2.05) is 23.9 Å². The molecule has 98 valence electrons. The van der Waals surface area contributed by atoms with Crippen LogP contribution in [0.5, 0.6) is 0 Å². The van der Waals surface area contributed by atoms with E-state index >= 15 is 0 Å². The van der Waals surface area contributed by atoms with Crippen LogP contribution in [0.25, 0.3) is 0 Å². The lowest BCUT2D eigenvalue weighted by atomic mass is 10.0. The summed E-state index contributed by atoms with van der Waals surface area (Å²) in [6, 6.07) is 14.7. The highest BCUT2D eigenvalue weighted by atomic mass is 35.5. The van der Waals surface area contributed by atoms with E-state index in [9.17, 15) is 0 Å². The summed E-state index contributed by atoms with van der Waals surface area (Å²) < 4.78 is 0. The van der Waals surface area contributed by atoms with Crippen LogP contribution < -0.4 is 5.32 Å². The Balaban J connectivity index is 1.73. The van der Waals surface area contributed by atoms with Gasteiger partial charge in [0.1, 0.15) is 0 Å². The second-order valence-electron chi connectivity index (χ2n) is 4.84. The molecule has 3 rings (SSSR count). The zero-order valence-corrected chi connectivity index (χ0v) is 12.4. The maximum Gasteiger partial charge on any atom is 0.0455 e. The lowest BCUT2D eigenvalue weighted by molar-refractivity contribution is 0.818. The first kappa shape index (κ1) is 12.9. The number of hydrogen-bond acceptors (Lipinski definition) is 2. The normalized spacial score (nSPS) is 17.3. The third-order valence-corrected chi connectivity index (χ3v) is 5.27. The van der Waals surface area contributed by atoms with Gasteiger partial charge in [-0.15, -0.1) is 11.8 Å². The minimum atomic E-state index is 0.583. The van der Waals surface area contributed by atoms with Gasteiger partial charge in [-0.05, 0) is 36.2 Å². The summed E-state index contributed by atoms with van der Waals surface area (Å²) in [5, 5.41) is 4.36. The fourth-order valence-electron chi connectivity index (χ4n) is 2.43. The van der Waals surface area contributed by atoms with Crippen LogP contribution in [0.2, 0.25) is 5.02 Å². The van der Waals surface area contributed by atoms with Crippen molar-refractivity contribution in [2.45, 2.75) is 17.7 Å². The van der Waals surface area contributed by atoms with Gasteiger partial charge in [0.15, 0.2) is 0 Å². The molecule has 19 heavy (non-hydrogen) atoms. The highest BCUT2D eigenvalue weighted by Gasteiger charge is 2.22. The molecule has 2 aromatic carbocycles.